The van der Waals surface area contributed by atoms with Crippen LogP contribution >= 0.6 is 0 Å². The van der Waals surface area contributed by atoms with Crippen molar-refractivity contribution in [2.75, 3.05) is 5.32 Å². The Morgan fingerprint density at radius 1 is 1.53 bits per heavy atom. The molecule has 100 valence electrons. The average Bonchev–Trinajstić information content (AvgIpc) is 2.39. The number of carbonyl (C=O) groups excluding carboxylic acids is 1. The standard InChI is InChI=1S/C15H19N3O/c1-4-12(3)18-15(19)13(9-16)10-17-14-7-5-6-11(2)8-14/h5-8,10,12,17H,4H2,1-3H3,(H,18,19)/b13-10-. The molecule has 1 aromatic carbocycles. The fourth-order valence-electron chi connectivity index (χ4n) is 1.44. The Morgan fingerprint density at radius 2 is 2.26 bits per heavy atom. The third-order valence-corrected chi connectivity index (χ3v) is 2.76. The summed E-state index contributed by atoms with van der Waals surface area (Å²) in [6.45, 7) is 5.86. The van der Waals surface area contributed by atoms with Gasteiger partial charge in [0.1, 0.15) is 11.6 Å². The van der Waals surface area contributed by atoms with Crippen LogP contribution in [0, 0.1) is 18.3 Å². The van der Waals surface area contributed by atoms with Crippen molar-refractivity contribution in [2.45, 2.75) is 33.2 Å². The Bertz CT molecular complexity index is 514. The summed E-state index contributed by atoms with van der Waals surface area (Å²) in [5, 5.41) is 14.7. The van der Waals surface area contributed by atoms with Crippen LogP contribution in [0.3, 0.4) is 0 Å². The van der Waals surface area contributed by atoms with Gasteiger partial charge in [0, 0.05) is 17.9 Å². The molecule has 1 unspecified atom stereocenters. The van der Waals surface area contributed by atoms with Crippen LogP contribution in [0.4, 0.5) is 5.69 Å². The molecule has 19 heavy (non-hydrogen) atoms. The quantitative estimate of drug-likeness (QED) is 0.629. The first-order chi connectivity index (χ1) is 9.06. The maximum absolute atomic E-state index is 11.8. The second-order valence-electron chi connectivity index (χ2n) is 4.47. The zero-order chi connectivity index (χ0) is 14.3. The van der Waals surface area contributed by atoms with E-state index in [1.165, 1.54) is 6.20 Å². The van der Waals surface area contributed by atoms with Gasteiger partial charge in [-0.15, -0.1) is 0 Å². The molecule has 1 rings (SSSR count). The van der Waals surface area contributed by atoms with Crippen molar-refractivity contribution in [3.05, 3.63) is 41.6 Å². The molecular formula is C15H19N3O. The fourth-order valence-corrected chi connectivity index (χ4v) is 1.44. The molecule has 0 radical (unpaired) electrons. The normalized spacial score (nSPS) is 12.4. The molecule has 2 N–H and O–H groups in total. The van der Waals surface area contributed by atoms with Crippen molar-refractivity contribution in [3.63, 3.8) is 0 Å². The van der Waals surface area contributed by atoms with Crippen LogP contribution in [0.15, 0.2) is 36.0 Å². The highest BCUT2D eigenvalue weighted by Crippen LogP contribution is 2.10. The first-order valence-electron chi connectivity index (χ1n) is 6.31. The van der Waals surface area contributed by atoms with E-state index in [-0.39, 0.29) is 17.5 Å². The number of aryl methyl sites for hydroxylation is 1. The van der Waals surface area contributed by atoms with Crippen LogP contribution in [0.25, 0.3) is 0 Å². The highest BCUT2D eigenvalue weighted by atomic mass is 16.1. The zero-order valence-corrected chi connectivity index (χ0v) is 11.5. The number of anilines is 1. The topological polar surface area (TPSA) is 64.9 Å². The Kier molecular flexibility index (Phi) is 5.62. The predicted molar refractivity (Wildman–Crippen MR) is 76.4 cm³/mol. The van der Waals surface area contributed by atoms with Gasteiger partial charge in [-0.25, -0.2) is 0 Å². The van der Waals surface area contributed by atoms with E-state index in [2.05, 4.69) is 10.6 Å². The monoisotopic (exact) mass is 257 g/mol. The van der Waals surface area contributed by atoms with Crippen molar-refractivity contribution >= 4 is 11.6 Å². The van der Waals surface area contributed by atoms with Crippen molar-refractivity contribution < 1.29 is 4.79 Å². The van der Waals surface area contributed by atoms with Crippen molar-refractivity contribution in [2.24, 2.45) is 0 Å². The molecule has 4 nitrogen and oxygen atoms in total. The van der Waals surface area contributed by atoms with Gasteiger partial charge in [0.2, 0.25) is 0 Å². The first-order valence-corrected chi connectivity index (χ1v) is 6.31. The molecule has 0 aliphatic carbocycles. The summed E-state index contributed by atoms with van der Waals surface area (Å²) >= 11 is 0. The molecule has 0 fully saturated rings. The lowest BCUT2D eigenvalue weighted by atomic mass is 10.2. The van der Waals surface area contributed by atoms with E-state index in [4.69, 9.17) is 5.26 Å². The van der Waals surface area contributed by atoms with Gasteiger partial charge in [0.25, 0.3) is 5.91 Å². The SMILES string of the molecule is CCC(C)NC(=O)/C(C#N)=C\Nc1cccc(C)c1. The largest absolute Gasteiger partial charge is 0.360 e. The van der Waals surface area contributed by atoms with Gasteiger partial charge >= 0.3 is 0 Å². The minimum Gasteiger partial charge on any atom is -0.360 e. The van der Waals surface area contributed by atoms with Gasteiger partial charge in [-0.3, -0.25) is 4.79 Å². The number of benzene rings is 1. The Morgan fingerprint density at radius 3 is 2.84 bits per heavy atom. The summed E-state index contributed by atoms with van der Waals surface area (Å²) in [4.78, 5) is 11.8. The number of carbonyl (C=O) groups is 1. The second kappa shape index (κ2) is 7.22. The van der Waals surface area contributed by atoms with Gasteiger partial charge in [0.05, 0.1) is 0 Å². The predicted octanol–water partition coefficient (Wildman–Crippen LogP) is 2.73. The molecule has 0 heterocycles. The lowest BCUT2D eigenvalue weighted by Gasteiger charge is -2.10. The Hall–Kier alpha value is -2.28. The number of amides is 1. The summed E-state index contributed by atoms with van der Waals surface area (Å²) in [5.41, 5.74) is 2.03. The van der Waals surface area contributed by atoms with Crippen LogP contribution in [-0.2, 0) is 4.79 Å². The smallest absolute Gasteiger partial charge is 0.263 e. The van der Waals surface area contributed by atoms with Gasteiger partial charge in [-0.2, -0.15) is 5.26 Å². The van der Waals surface area contributed by atoms with E-state index >= 15 is 0 Å². The van der Waals surface area contributed by atoms with E-state index in [0.29, 0.717) is 0 Å². The molecule has 1 amide bonds. The third kappa shape index (κ3) is 4.84. The van der Waals surface area contributed by atoms with Crippen LogP contribution in [0.1, 0.15) is 25.8 Å². The van der Waals surface area contributed by atoms with Crippen molar-refractivity contribution in [1.82, 2.24) is 5.32 Å². The minimum atomic E-state index is -0.350. The number of nitrogens with one attached hydrogen (secondary N) is 2. The van der Waals surface area contributed by atoms with E-state index in [0.717, 1.165) is 17.7 Å². The number of nitriles is 1. The molecule has 0 saturated heterocycles. The molecular weight excluding hydrogens is 238 g/mol. The van der Waals surface area contributed by atoms with E-state index < -0.39 is 0 Å². The summed E-state index contributed by atoms with van der Waals surface area (Å²) in [6.07, 6.45) is 2.27. The minimum absolute atomic E-state index is 0.0585. The summed E-state index contributed by atoms with van der Waals surface area (Å²) in [7, 11) is 0. The number of hydrogen-bond acceptors (Lipinski definition) is 3. The Labute approximate surface area is 114 Å². The van der Waals surface area contributed by atoms with E-state index in [9.17, 15) is 4.79 Å². The average molecular weight is 257 g/mol. The van der Waals surface area contributed by atoms with Crippen LogP contribution in [0.5, 0.6) is 0 Å². The lowest BCUT2D eigenvalue weighted by Crippen LogP contribution is -2.33. The molecule has 0 aromatic heterocycles. The molecule has 4 heteroatoms. The first kappa shape index (κ1) is 14.8. The van der Waals surface area contributed by atoms with Crippen LogP contribution in [-0.4, -0.2) is 11.9 Å². The molecule has 1 atom stereocenters. The van der Waals surface area contributed by atoms with Gasteiger partial charge < -0.3 is 10.6 Å². The maximum Gasteiger partial charge on any atom is 0.263 e. The van der Waals surface area contributed by atoms with Gasteiger partial charge in [0.15, 0.2) is 0 Å². The molecule has 0 aliphatic rings. The second-order valence-corrected chi connectivity index (χ2v) is 4.47. The van der Waals surface area contributed by atoms with Gasteiger partial charge in [-0.1, -0.05) is 19.1 Å². The van der Waals surface area contributed by atoms with E-state index in [1.54, 1.807) is 0 Å². The highest BCUT2D eigenvalue weighted by Gasteiger charge is 2.10. The van der Waals surface area contributed by atoms with Crippen LogP contribution in [0.2, 0.25) is 0 Å². The van der Waals surface area contributed by atoms with Crippen LogP contribution < -0.4 is 10.6 Å². The molecule has 0 saturated carbocycles. The molecule has 1 aromatic rings. The number of hydrogen-bond donors (Lipinski definition) is 2. The maximum atomic E-state index is 11.8. The number of nitrogens with zero attached hydrogens (tertiary/aromatic N) is 1. The number of rotatable bonds is 5. The molecule has 0 spiro atoms. The fraction of sp³-hybridized carbons (Fsp3) is 0.333. The summed E-state index contributed by atoms with van der Waals surface area (Å²) in [6, 6.07) is 9.68. The van der Waals surface area contributed by atoms with Crippen molar-refractivity contribution in [1.29, 1.82) is 5.26 Å². The lowest BCUT2D eigenvalue weighted by molar-refractivity contribution is -0.117. The summed E-state index contributed by atoms with van der Waals surface area (Å²) in [5.74, 6) is -0.350. The Balaban J connectivity index is 2.72. The van der Waals surface area contributed by atoms with E-state index in [1.807, 2.05) is 51.1 Å². The summed E-state index contributed by atoms with van der Waals surface area (Å²) < 4.78 is 0. The zero-order valence-electron chi connectivity index (χ0n) is 11.5. The molecule has 0 aliphatic heterocycles. The van der Waals surface area contributed by atoms with Gasteiger partial charge in [-0.05, 0) is 38.0 Å². The van der Waals surface area contributed by atoms with Crippen molar-refractivity contribution in [3.8, 4) is 6.07 Å². The molecule has 0 bridgehead atoms. The highest BCUT2D eigenvalue weighted by molar-refractivity contribution is 5.97. The third-order valence-electron chi connectivity index (χ3n) is 2.76.